The van der Waals surface area contributed by atoms with Gasteiger partial charge < -0.3 is 9.52 Å². The predicted molar refractivity (Wildman–Crippen MR) is 133 cm³/mol. The molecule has 1 aliphatic heterocycles. The molecular weight excluding hydrogens is 458 g/mol. The lowest BCUT2D eigenvalue weighted by molar-refractivity contribution is -0.141. The van der Waals surface area contributed by atoms with Crippen LogP contribution in [0.2, 0.25) is 0 Å². The molecule has 3 aromatic rings. The minimum absolute atomic E-state index is 0.0453. The van der Waals surface area contributed by atoms with Crippen molar-refractivity contribution in [3.63, 3.8) is 0 Å². The van der Waals surface area contributed by atoms with Gasteiger partial charge in [0.2, 0.25) is 0 Å². The third-order valence-corrected chi connectivity index (χ3v) is 7.37. The monoisotopic (exact) mass is 487 g/mol. The van der Waals surface area contributed by atoms with E-state index in [-0.39, 0.29) is 24.0 Å². The number of Topliss-reactive ketones (excluding diaryl/α,β-unsaturated/α-hetero) is 1. The van der Waals surface area contributed by atoms with Crippen LogP contribution in [0.15, 0.2) is 46.9 Å². The Bertz CT molecular complexity index is 1320. The third kappa shape index (κ3) is 4.57. The van der Waals surface area contributed by atoms with E-state index in [0.717, 1.165) is 43.3 Å². The first-order valence-corrected chi connectivity index (χ1v) is 12.7. The number of hydrogen-bond acceptors (Lipinski definition) is 5. The zero-order valence-electron chi connectivity index (χ0n) is 20.1. The first-order chi connectivity index (χ1) is 17.4. The summed E-state index contributed by atoms with van der Waals surface area (Å²) in [5.74, 6) is -1.40. The number of carbonyl (C=O) groups is 4. The van der Waals surface area contributed by atoms with E-state index in [1.807, 2.05) is 6.07 Å². The van der Waals surface area contributed by atoms with Crippen molar-refractivity contribution in [2.75, 3.05) is 6.54 Å². The Hall–Kier alpha value is -3.74. The number of furan rings is 1. The number of fused-ring (bicyclic) bond motifs is 4. The van der Waals surface area contributed by atoms with Crippen LogP contribution in [0.4, 0.5) is 0 Å². The quantitative estimate of drug-likeness (QED) is 0.219. The number of aryl methyl sites for hydroxylation is 2. The van der Waals surface area contributed by atoms with E-state index >= 15 is 0 Å². The van der Waals surface area contributed by atoms with Crippen molar-refractivity contribution in [1.82, 2.24) is 4.90 Å². The number of carboxylic acids is 1. The number of amides is 2. The average molecular weight is 488 g/mol. The fraction of sp³-hybridized carbons (Fsp3) is 0.379. The lowest BCUT2D eigenvalue weighted by atomic mass is 9.92. The molecule has 36 heavy (non-hydrogen) atoms. The van der Waals surface area contributed by atoms with Gasteiger partial charge in [-0.3, -0.25) is 24.1 Å². The van der Waals surface area contributed by atoms with Crippen LogP contribution in [0.5, 0.6) is 0 Å². The molecule has 2 amide bonds. The maximum atomic E-state index is 12.8. The number of unbranched alkanes of at least 4 members (excludes halogenated alkanes) is 3. The second-order valence-corrected chi connectivity index (χ2v) is 9.74. The van der Waals surface area contributed by atoms with Gasteiger partial charge in [0, 0.05) is 35.9 Å². The van der Waals surface area contributed by atoms with Crippen LogP contribution in [0.1, 0.15) is 87.3 Å². The smallest absolute Gasteiger partial charge is 0.306 e. The SMILES string of the molecule is O=C(C[C@H](CCCCCCN1C(=O)c2ccccc2C1=O)C(=O)O)c1ccc2c3c(oc2c1)CCC3. The molecule has 5 rings (SSSR count). The van der Waals surface area contributed by atoms with Gasteiger partial charge in [-0.05, 0) is 43.9 Å². The molecule has 1 aliphatic carbocycles. The number of carbonyl (C=O) groups excluding carboxylic acids is 3. The topological polar surface area (TPSA) is 105 Å². The molecule has 2 heterocycles. The Balaban J connectivity index is 1.08. The van der Waals surface area contributed by atoms with Crippen LogP contribution >= 0.6 is 0 Å². The average Bonchev–Trinajstić information content (AvgIpc) is 3.53. The summed E-state index contributed by atoms with van der Waals surface area (Å²) in [7, 11) is 0. The standard InChI is InChI=1S/C29H29NO6/c31-24(18-13-14-21-20-11-7-12-25(20)36-26(21)17-18)16-19(29(34)35)8-3-1-2-6-15-30-27(32)22-9-4-5-10-23(22)28(30)33/h4-5,9-10,13-14,17,19H,1-3,6-8,11-12,15-16H2,(H,34,35)/t19-/m0/s1. The van der Waals surface area contributed by atoms with Crippen LogP contribution in [-0.4, -0.2) is 40.1 Å². The fourth-order valence-electron chi connectivity index (χ4n) is 5.39. The third-order valence-electron chi connectivity index (χ3n) is 7.37. The summed E-state index contributed by atoms with van der Waals surface area (Å²) < 4.78 is 5.91. The van der Waals surface area contributed by atoms with Crippen LogP contribution in [0, 0.1) is 5.92 Å². The number of rotatable bonds is 11. The zero-order valence-corrected chi connectivity index (χ0v) is 20.1. The van der Waals surface area contributed by atoms with Gasteiger partial charge in [0.05, 0.1) is 17.0 Å². The van der Waals surface area contributed by atoms with Crippen molar-refractivity contribution in [2.24, 2.45) is 5.92 Å². The molecule has 0 saturated heterocycles. The highest BCUT2D eigenvalue weighted by molar-refractivity contribution is 6.21. The van der Waals surface area contributed by atoms with Crippen molar-refractivity contribution in [3.8, 4) is 0 Å². The maximum Gasteiger partial charge on any atom is 0.306 e. The molecule has 186 valence electrons. The summed E-state index contributed by atoms with van der Waals surface area (Å²) in [5.41, 5.74) is 3.33. The minimum atomic E-state index is -0.965. The molecule has 2 aliphatic rings. The van der Waals surface area contributed by atoms with Gasteiger partial charge in [0.15, 0.2) is 5.78 Å². The molecule has 0 radical (unpaired) electrons. The van der Waals surface area contributed by atoms with Crippen molar-refractivity contribution in [1.29, 1.82) is 0 Å². The van der Waals surface area contributed by atoms with Gasteiger partial charge in [-0.2, -0.15) is 0 Å². The maximum absolute atomic E-state index is 12.8. The first kappa shape index (κ1) is 24.0. The summed E-state index contributed by atoms with van der Waals surface area (Å²) in [6.45, 7) is 0.353. The van der Waals surface area contributed by atoms with Gasteiger partial charge >= 0.3 is 5.97 Å². The number of imide groups is 1. The highest BCUT2D eigenvalue weighted by Gasteiger charge is 2.34. The molecule has 0 saturated carbocycles. The molecule has 0 spiro atoms. The Morgan fingerprint density at radius 2 is 1.67 bits per heavy atom. The lowest BCUT2D eigenvalue weighted by Gasteiger charge is -2.14. The molecule has 0 bridgehead atoms. The van der Waals surface area contributed by atoms with Crippen LogP contribution < -0.4 is 0 Å². The predicted octanol–water partition coefficient (Wildman–Crippen LogP) is 5.44. The van der Waals surface area contributed by atoms with Crippen molar-refractivity contribution >= 4 is 34.5 Å². The molecule has 1 N–H and O–H groups in total. The first-order valence-electron chi connectivity index (χ1n) is 12.7. The van der Waals surface area contributed by atoms with Crippen LogP contribution in [0.25, 0.3) is 11.0 Å². The lowest BCUT2D eigenvalue weighted by Crippen LogP contribution is -2.30. The van der Waals surface area contributed by atoms with E-state index in [0.29, 0.717) is 48.1 Å². The van der Waals surface area contributed by atoms with Crippen molar-refractivity contribution < 1.29 is 28.7 Å². The number of nitrogens with zero attached hydrogens (tertiary/aromatic N) is 1. The Morgan fingerprint density at radius 1 is 0.944 bits per heavy atom. The summed E-state index contributed by atoms with van der Waals surface area (Å²) in [6.07, 6.45) is 6.24. The molecule has 0 fully saturated rings. The number of benzene rings is 2. The van der Waals surface area contributed by atoms with Gasteiger partial charge in [0.1, 0.15) is 11.3 Å². The van der Waals surface area contributed by atoms with Gasteiger partial charge in [0.25, 0.3) is 11.8 Å². The Kier molecular flexibility index (Phi) is 6.72. The van der Waals surface area contributed by atoms with Gasteiger partial charge in [-0.15, -0.1) is 0 Å². The van der Waals surface area contributed by atoms with Crippen molar-refractivity contribution in [3.05, 3.63) is 70.5 Å². The largest absolute Gasteiger partial charge is 0.481 e. The zero-order chi connectivity index (χ0) is 25.2. The summed E-state index contributed by atoms with van der Waals surface area (Å²) in [6, 6.07) is 12.3. The second kappa shape index (κ2) is 10.1. The molecule has 0 unspecified atom stereocenters. The second-order valence-electron chi connectivity index (χ2n) is 9.74. The highest BCUT2D eigenvalue weighted by atomic mass is 16.4. The number of hydrogen-bond donors (Lipinski definition) is 1. The summed E-state index contributed by atoms with van der Waals surface area (Å²) >= 11 is 0. The highest BCUT2D eigenvalue weighted by Crippen LogP contribution is 2.33. The van der Waals surface area contributed by atoms with Gasteiger partial charge in [-0.1, -0.05) is 43.5 Å². The van der Waals surface area contributed by atoms with E-state index in [2.05, 4.69) is 0 Å². The molecule has 2 aromatic carbocycles. The van der Waals surface area contributed by atoms with E-state index in [1.165, 1.54) is 10.5 Å². The van der Waals surface area contributed by atoms with Gasteiger partial charge in [-0.25, -0.2) is 0 Å². The van der Waals surface area contributed by atoms with Crippen LogP contribution in [-0.2, 0) is 17.6 Å². The summed E-state index contributed by atoms with van der Waals surface area (Å²) in [5, 5.41) is 10.7. The molecule has 7 heteroatoms. The molecule has 7 nitrogen and oxygen atoms in total. The van der Waals surface area contributed by atoms with Crippen LogP contribution in [0.3, 0.4) is 0 Å². The normalized spacial score (nSPS) is 15.4. The van der Waals surface area contributed by atoms with E-state index < -0.39 is 11.9 Å². The van der Waals surface area contributed by atoms with E-state index in [9.17, 15) is 24.3 Å². The van der Waals surface area contributed by atoms with E-state index in [4.69, 9.17) is 4.42 Å². The minimum Gasteiger partial charge on any atom is -0.481 e. The Morgan fingerprint density at radius 3 is 2.39 bits per heavy atom. The fourth-order valence-corrected chi connectivity index (χ4v) is 5.39. The van der Waals surface area contributed by atoms with E-state index in [1.54, 1.807) is 36.4 Å². The summed E-state index contributed by atoms with van der Waals surface area (Å²) in [4.78, 5) is 50.8. The van der Waals surface area contributed by atoms with Crippen molar-refractivity contribution in [2.45, 2.75) is 57.8 Å². The number of carboxylic acid groups (broad SMARTS) is 1. The number of ketones is 1. The molecule has 1 atom stereocenters. The Labute approximate surface area is 209 Å². The molecule has 1 aromatic heterocycles. The number of aliphatic carboxylic acids is 1. The molecular formula is C29H29NO6.